The molecule has 7 heteroatoms. The molecule has 0 unspecified atom stereocenters. The summed E-state index contributed by atoms with van der Waals surface area (Å²) in [6.45, 7) is 4.31. The monoisotopic (exact) mass is 267 g/mol. The first kappa shape index (κ1) is 14.0. The molecule has 106 valence electrons. The van der Waals surface area contributed by atoms with Gasteiger partial charge < -0.3 is 10.4 Å². The van der Waals surface area contributed by atoms with Crippen molar-refractivity contribution in [1.82, 2.24) is 5.32 Å². The van der Waals surface area contributed by atoms with E-state index < -0.39 is 0 Å². The van der Waals surface area contributed by atoms with Crippen molar-refractivity contribution in [3.8, 4) is 0 Å². The summed E-state index contributed by atoms with van der Waals surface area (Å²) in [6.07, 6.45) is 3.05. The molecule has 2 N–H and O–H groups in total. The van der Waals surface area contributed by atoms with E-state index in [1.54, 1.807) is 0 Å². The number of nitrogens with one attached hydrogen (secondary N) is 1. The highest BCUT2D eigenvalue weighted by Crippen LogP contribution is 2.33. The van der Waals surface area contributed by atoms with E-state index >= 15 is 0 Å². The molecule has 19 heavy (non-hydrogen) atoms. The highest BCUT2D eigenvalue weighted by molar-refractivity contribution is 5.78. The average Bonchev–Trinajstić information content (AvgIpc) is 3.26. The van der Waals surface area contributed by atoms with Crippen molar-refractivity contribution < 1.29 is 9.90 Å². The van der Waals surface area contributed by atoms with Crippen molar-refractivity contribution in [1.29, 1.82) is 0 Å². The second-order valence-electron chi connectivity index (χ2n) is 5.65. The zero-order chi connectivity index (χ0) is 13.9. The van der Waals surface area contributed by atoms with Gasteiger partial charge in [0.25, 0.3) is 0 Å². The molecule has 7 nitrogen and oxygen atoms in total. The number of rotatable bonds is 9. The molecular formula is C12H21N5O2. The number of aliphatic hydroxyl groups excluding tert-OH is 1. The average molecular weight is 267 g/mol. The van der Waals surface area contributed by atoms with Gasteiger partial charge in [-0.2, -0.15) is 20.5 Å². The lowest BCUT2D eigenvalue weighted by Gasteiger charge is -2.15. The van der Waals surface area contributed by atoms with Crippen LogP contribution >= 0.6 is 0 Å². The van der Waals surface area contributed by atoms with Gasteiger partial charge in [0.15, 0.2) is 11.3 Å². The van der Waals surface area contributed by atoms with Gasteiger partial charge in [-0.3, -0.25) is 4.79 Å². The lowest BCUT2D eigenvalue weighted by molar-refractivity contribution is -0.126. The summed E-state index contributed by atoms with van der Waals surface area (Å²) in [7, 11) is 0. The fourth-order valence-corrected chi connectivity index (χ4v) is 1.93. The van der Waals surface area contributed by atoms with Crippen LogP contribution in [0.2, 0.25) is 0 Å². The highest BCUT2D eigenvalue weighted by atomic mass is 16.3. The summed E-state index contributed by atoms with van der Waals surface area (Å²) in [5, 5.41) is 27.7. The maximum absolute atomic E-state index is 11.9. The molecule has 0 bridgehead atoms. The molecule has 1 amide bonds. The summed E-state index contributed by atoms with van der Waals surface area (Å²) in [4.78, 5) is 11.9. The van der Waals surface area contributed by atoms with Gasteiger partial charge in [-0.15, -0.1) is 0 Å². The lowest BCUT2D eigenvalue weighted by atomic mass is 9.99. The van der Waals surface area contributed by atoms with Crippen molar-refractivity contribution in [2.75, 3.05) is 13.2 Å². The van der Waals surface area contributed by atoms with Crippen LogP contribution in [0.5, 0.6) is 0 Å². The van der Waals surface area contributed by atoms with Crippen LogP contribution in [-0.2, 0) is 4.79 Å². The summed E-state index contributed by atoms with van der Waals surface area (Å²) in [5.74, 6) is -0.440. The molecule has 0 spiro atoms. The summed E-state index contributed by atoms with van der Waals surface area (Å²) in [6, 6.07) is 0. The third-order valence-corrected chi connectivity index (χ3v) is 3.57. The predicted molar refractivity (Wildman–Crippen MR) is 68.6 cm³/mol. The molecular weight excluding hydrogens is 246 g/mol. The normalized spacial score (nSPS) is 22.1. The standard InChI is InChI=1S/C12H21N5O2/c1-11(14-15-11)5-3-4-9(8-18)10(19)13-7-6-12(2)16-17-12/h9,18H,3-8H2,1-2H3,(H,13,19)/t9-/m0/s1. The number of carbonyl (C=O) groups excluding carboxylic acids is 1. The highest BCUT2D eigenvalue weighted by Gasteiger charge is 2.34. The Morgan fingerprint density at radius 2 is 1.74 bits per heavy atom. The van der Waals surface area contributed by atoms with Crippen LogP contribution in [0.3, 0.4) is 0 Å². The van der Waals surface area contributed by atoms with Crippen LogP contribution in [0.1, 0.15) is 39.5 Å². The number of carbonyl (C=O) groups is 1. The van der Waals surface area contributed by atoms with Crippen molar-refractivity contribution >= 4 is 5.91 Å². The summed E-state index contributed by atoms with van der Waals surface area (Å²) < 4.78 is 0. The van der Waals surface area contributed by atoms with E-state index in [2.05, 4.69) is 25.8 Å². The zero-order valence-corrected chi connectivity index (χ0v) is 11.5. The molecule has 2 aliphatic heterocycles. The Labute approximate surface area is 112 Å². The molecule has 0 saturated heterocycles. The Balaban J connectivity index is 1.60. The van der Waals surface area contributed by atoms with E-state index in [4.69, 9.17) is 0 Å². The van der Waals surface area contributed by atoms with Crippen LogP contribution in [-0.4, -0.2) is 35.5 Å². The van der Waals surface area contributed by atoms with Gasteiger partial charge in [0.05, 0.1) is 12.5 Å². The van der Waals surface area contributed by atoms with Gasteiger partial charge in [-0.05, 0) is 33.1 Å². The molecule has 0 aromatic heterocycles. The molecule has 0 radical (unpaired) electrons. The third kappa shape index (κ3) is 4.34. The van der Waals surface area contributed by atoms with E-state index in [1.807, 2.05) is 13.8 Å². The van der Waals surface area contributed by atoms with Gasteiger partial charge in [0, 0.05) is 13.0 Å². The number of nitrogens with zero attached hydrogens (tertiary/aromatic N) is 4. The third-order valence-electron chi connectivity index (χ3n) is 3.57. The first-order valence-corrected chi connectivity index (χ1v) is 6.73. The maximum atomic E-state index is 11.9. The molecule has 0 aliphatic carbocycles. The topological polar surface area (TPSA) is 98.8 Å². The Morgan fingerprint density at radius 1 is 1.16 bits per heavy atom. The van der Waals surface area contributed by atoms with Gasteiger partial charge >= 0.3 is 0 Å². The largest absolute Gasteiger partial charge is 0.396 e. The van der Waals surface area contributed by atoms with E-state index in [0.717, 1.165) is 12.8 Å². The molecule has 2 heterocycles. The summed E-state index contributed by atoms with van der Waals surface area (Å²) in [5.41, 5.74) is -0.508. The fraction of sp³-hybridized carbons (Fsp3) is 0.917. The minimum atomic E-state index is -0.344. The minimum Gasteiger partial charge on any atom is -0.396 e. The molecule has 0 saturated carbocycles. The van der Waals surface area contributed by atoms with E-state index in [0.29, 0.717) is 19.4 Å². The van der Waals surface area contributed by atoms with E-state index in [1.165, 1.54) is 0 Å². The first-order valence-electron chi connectivity index (χ1n) is 6.73. The van der Waals surface area contributed by atoms with Crippen LogP contribution in [0.4, 0.5) is 0 Å². The zero-order valence-electron chi connectivity index (χ0n) is 11.5. The van der Waals surface area contributed by atoms with E-state index in [9.17, 15) is 9.90 Å². The van der Waals surface area contributed by atoms with Gasteiger partial charge in [-0.1, -0.05) is 0 Å². The second-order valence-corrected chi connectivity index (χ2v) is 5.65. The van der Waals surface area contributed by atoms with Crippen LogP contribution in [0.25, 0.3) is 0 Å². The van der Waals surface area contributed by atoms with Crippen LogP contribution in [0.15, 0.2) is 20.5 Å². The molecule has 0 aromatic carbocycles. The molecule has 1 atom stereocenters. The van der Waals surface area contributed by atoms with Gasteiger partial charge in [0.2, 0.25) is 5.91 Å². The maximum Gasteiger partial charge on any atom is 0.225 e. The van der Waals surface area contributed by atoms with Crippen molar-refractivity contribution in [3.05, 3.63) is 0 Å². The van der Waals surface area contributed by atoms with E-state index in [-0.39, 0.29) is 29.8 Å². The SMILES string of the molecule is CC1(CCC[C@@H](CO)C(=O)NCCC2(C)N=N2)N=N1. The van der Waals surface area contributed by atoms with Crippen LogP contribution in [0, 0.1) is 5.92 Å². The second kappa shape index (κ2) is 5.32. The quantitative estimate of drug-likeness (QED) is 0.663. The Bertz CT molecular complexity index is 395. The number of hydrogen-bond donors (Lipinski definition) is 2. The Hall–Kier alpha value is -1.37. The summed E-state index contributed by atoms with van der Waals surface area (Å²) >= 11 is 0. The predicted octanol–water partition coefficient (Wildman–Crippen LogP) is 1.64. The first-order chi connectivity index (χ1) is 8.96. The fourth-order valence-electron chi connectivity index (χ4n) is 1.93. The van der Waals surface area contributed by atoms with Crippen LogP contribution < -0.4 is 5.32 Å². The smallest absolute Gasteiger partial charge is 0.225 e. The number of aliphatic hydroxyl groups is 1. The Morgan fingerprint density at radius 3 is 2.26 bits per heavy atom. The van der Waals surface area contributed by atoms with Gasteiger partial charge in [-0.25, -0.2) is 0 Å². The van der Waals surface area contributed by atoms with Gasteiger partial charge in [0.1, 0.15) is 0 Å². The van der Waals surface area contributed by atoms with Crippen molar-refractivity contribution in [2.45, 2.75) is 50.9 Å². The number of hydrogen-bond acceptors (Lipinski definition) is 6. The minimum absolute atomic E-state index is 0.0958. The Kier molecular flexibility index (Phi) is 3.93. The molecule has 2 aliphatic rings. The molecule has 2 rings (SSSR count). The molecule has 0 fully saturated rings. The number of amides is 1. The van der Waals surface area contributed by atoms with Crippen molar-refractivity contribution in [2.24, 2.45) is 26.4 Å². The lowest BCUT2D eigenvalue weighted by Crippen LogP contribution is -2.34. The molecule has 0 aromatic rings. The van der Waals surface area contributed by atoms with Crippen molar-refractivity contribution in [3.63, 3.8) is 0 Å².